The topological polar surface area (TPSA) is 36.4 Å². The Labute approximate surface area is 143 Å². The predicted octanol–water partition coefficient (Wildman–Crippen LogP) is 4.06. The lowest BCUT2D eigenvalue weighted by atomic mass is 9.83. The number of likely N-dealkylation sites (tertiary alicyclic amines) is 1. The Morgan fingerprint density at radius 2 is 2.09 bits per heavy atom. The van der Waals surface area contributed by atoms with Crippen LogP contribution in [0, 0.1) is 5.92 Å². The first-order valence-corrected chi connectivity index (χ1v) is 10.0. The summed E-state index contributed by atoms with van der Waals surface area (Å²) in [6.07, 6.45) is 9.77. The van der Waals surface area contributed by atoms with Gasteiger partial charge in [-0.25, -0.2) is 4.98 Å². The van der Waals surface area contributed by atoms with Crippen molar-refractivity contribution < 1.29 is 4.79 Å². The molecule has 0 N–H and O–H groups in total. The van der Waals surface area contributed by atoms with Gasteiger partial charge in [-0.15, -0.1) is 11.3 Å². The van der Waals surface area contributed by atoms with E-state index in [0.717, 1.165) is 29.3 Å². The third kappa shape index (κ3) is 3.94. The summed E-state index contributed by atoms with van der Waals surface area (Å²) >= 11 is 1.60. The van der Waals surface area contributed by atoms with E-state index in [1.807, 2.05) is 6.92 Å². The molecule has 2 heterocycles. The number of carbonyl (C=O) groups is 1. The molecule has 1 saturated heterocycles. The van der Waals surface area contributed by atoms with Crippen LogP contribution in [0.4, 0.5) is 5.13 Å². The van der Waals surface area contributed by atoms with Gasteiger partial charge < -0.3 is 0 Å². The van der Waals surface area contributed by atoms with Crippen molar-refractivity contribution >= 4 is 22.4 Å². The maximum absolute atomic E-state index is 11.7. The van der Waals surface area contributed by atoms with Crippen molar-refractivity contribution in [2.45, 2.75) is 71.4 Å². The van der Waals surface area contributed by atoms with E-state index in [-0.39, 0.29) is 5.91 Å². The van der Waals surface area contributed by atoms with Gasteiger partial charge in [-0.1, -0.05) is 19.3 Å². The molecule has 1 aliphatic carbocycles. The quantitative estimate of drug-likeness (QED) is 0.814. The zero-order chi connectivity index (χ0) is 16.2. The maximum atomic E-state index is 11.7. The van der Waals surface area contributed by atoms with Crippen LogP contribution in [0.15, 0.2) is 5.38 Å². The average Bonchev–Trinajstić information content (AvgIpc) is 3.19. The zero-order valence-corrected chi connectivity index (χ0v) is 15.3. The molecule has 5 heteroatoms. The molecule has 2 aliphatic rings. The van der Waals surface area contributed by atoms with Crippen LogP contribution in [-0.4, -0.2) is 34.9 Å². The Balaban J connectivity index is 1.64. The van der Waals surface area contributed by atoms with Gasteiger partial charge in [0, 0.05) is 31.4 Å². The van der Waals surface area contributed by atoms with Crippen LogP contribution in [0.1, 0.15) is 64.5 Å². The molecule has 0 radical (unpaired) electrons. The molecule has 3 rings (SSSR count). The van der Waals surface area contributed by atoms with Crippen molar-refractivity contribution in [2.24, 2.45) is 5.92 Å². The third-order valence-corrected chi connectivity index (χ3v) is 6.35. The normalized spacial score (nSPS) is 23.3. The molecule has 128 valence electrons. The van der Waals surface area contributed by atoms with Crippen LogP contribution in [0.5, 0.6) is 0 Å². The molecular formula is C18H29N3OS. The molecule has 0 bridgehead atoms. The summed E-state index contributed by atoms with van der Waals surface area (Å²) in [7, 11) is 0. The van der Waals surface area contributed by atoms with E-state index < -0.39 is 0 Å². The van der Waals surface area contributed by atoms with Crippen molar-refractivity contribution in [1.29, 1.82) is 0 Å². The number of aromatic nitrogens is 1. The van der Waals surface area contributed by atoms with E-state index in [9.17, 15) is 4.79 Å². The van der Waals surface area contributed by atoms with Gasteiger partial charge in [-0.05, 0) is 45.1 Å². The number of hydrogen-bond donors (Lipinski definition) is 0. The fraction of sp³-hybridized carbons (Fsp3) is 0.778. The highest BCUT2D eigenvalue weighted by molar-refractivity contribution is 7.14. The number of rotatable bonds is 5. The van der Waals surface area contributed by atoms with Crippen LogP contribution in [-0.2, 0) is 11.3 Å². The van der Waals surface area contributed by atoms with Crippen molar-refractivity contribution in [3.05, 3.63) is 11.1 Å². The fourth-order valence-electron chi connectivity index (χ4n) is 4.29. The molecule has 23 heavy (non-hydrogen) atoms. The second kappa shape index (κ2) is 7.75. The number of thiazole rings is 1. The Morgan fingerprint density at radius 3 is 2.78 bits per heavy atom. The van der Waals surface area contributed by atoms with E-state index >= 15 is 0 Å². The third-order valence-electron chi connectivity index (χ3n) is 5.44. The van der Waals surface area contributed by atoms with Crippen LogP contribution < -0.4 is 4.90 Å². The Kier molecular flexibility index (Phi) is 5.70. The van der Waals surface area contributed by atoms with E-state index in [2.05, 4.69) is 10.3 Å². The summed E-state index contributed by atoms with van der Waals surface area (Å²) in [6.45, 7) is 6.47. The number of hydrogen-bond acceptors (Lipinski definition) is 4. The zero-order valence-electron chi connectivity index (χ0n) is 14.5. The van der Waals surface area contributed by atoms with Gasteiger partial charge in [0.2, 0.25) is 5.91 Å². The van der Waals surface area contributed by atoms with E-state index in [1.54, 1.807) is 23.2 Å². The molecule has 1 aromatic rings. The molecule has 0 aromatic carbocycles. The van der Waals surface area contributed by atoms with E-state index in [0.29, 0.717) is 6.54 Å². The van der Waals surface area contributed by atoms with Crippen molar-refractivity contribution in [1.82, 2.24) is 9.88 Å². The molecule has 1 unspecified atom stereocenters. The van der Waals surface area contributed by atoms with Gasteiger partial charge in [0.05, 0.1) is 5.69 Å². The first kappa shape index (κ1) is 16.9. The number of amides is 1. The first-order valence-electron chi connectivity index (χ1n) is 9.15. The van der Waals surface area contributed by atoms with Crippen molar-refractivity contribution in [2.75, 3.05) is 18.0 Å². The summed E-state index contributed by atoms with van der Waals surface area (Å²) in [5, 5.41) is 2.99. The highest BCUT2D eigenvalue weighted by Gasteiger charge is 2.32. The summed E-state index contributed by atoms with van der Waals surface area (Å²) in [6, 6.07) is 0.760. The smallest absolute Gasteiger partial charge is 0.225 e. The molecule has 4 nitrogen and oxygen atoms in total. The standard InChI is InChI=1S/C18H29N3OS/c1-3-21(14(2)22)18-19-16(13-23-18)12-20-11-7-10-17(20)15-8-5-4-6-9-15/h13,15,17H,3-12H2,1-2H3. The van der Waals surface area contributed by atoms with Gasteiger partial charge in [0.25, 0.3) is 0 Å². The van der Waals surface area contributed by atoms with Crippen LogP contribution >= 0.6 is 11.3 Å². The van der Waals surface area contributed by atoms with Gasteiger partial charge in [-0.3, -0.25) is 14.6 Å². The van der Waals surface area contributed by atoms with Crippen LogP contribution in [0.25, 0.3) is 0 Å². The largest absolute Gasteiger partial charge is 0.294 e. The Morgan fingerprint density at radius 1 is 1.30 bits per heavy atom. The van der Waals surface area contributed by atoms with Crippen molar-refractivity contribution in [3.63, 3.8) is 0 Å². The van der Waals surface area contributed by atoms with Gasteiger partial charge in [0.1, 0.15) is 0 Å². The number of anilines is 1. The highest BCUT2D eigenvalue weighted by Crippen LogP contribution is 2.35. The molecule has 2 fully saturated rings. The summed E-state index contributed by atoms with van der Waals surface area (Å²) < 4.78 is 0. The molecule has 1 aliphatic heterocycles. The van der Waals surface area contributed by atoms with Gasteiger partial charge in [-0.2, -0.15) is 0 Å². The monoisotopic (exact) mass is 335 g/mol. The molecule has 1 aromatic heterocycles. The molecule has 0 spiro atoms. The Hall–Kier alpha value is -0.940. The molecule has 1 saturated carbocycles. The second-order valence-corrected chi connectivity index (χ2v) is 7.80. The highest BCUT2D eigenvalue weighted by atomic mass is 32.1. The lowest BCUT2D eigenvalue weighted by Gasteiger charge is -2.33. The fourth-order valence-corrected chi connectivity index (χ4v) is 5.22. The van der Waals surface area contributed by atoms with Crippen LogP contribution in [0.3, 0.4) is 0 Å². The summed E-state index contributed by atoms with van der Waals surface area (Å²) in [4.78, 5) is 20.8. The van der Waals surface area contributed by atoms with Crippen molar-refractivity contribution in [3.8, 4) is 0 Å². The summed E-state index contributed by atoms with van der Waals surface area (Å²) in [5.74, 6) is 0.975. The minimum atomic E-state index is 0.0784. The number of carbonyl (C=O) groups excluding carboxylic acids is 1. The molecule has 1 amide bonds. The predicted molar refractivity (Wildman–Crippen MR) is 95.8 cm³/mol. The SMILES string of the molecule is CCN(C(C)=O)c1nc(CN2CCCC2C2CCCCC2)cs1. The Bertz CT molecular complexity index is 524. The van der Waals surface area contributed by atoms with Gasteiger partial charge in [0.15, 0.2) is 5.13 Å². The number of nitrogens with zero attached hydrogens (tertiary/aromatic N) is 3. The minimum Gasteiger partial charge on any atom is -0.294 e. The average molecular weight is 336 g/mol. The molecule has 1 atom stereocenters. The van der Waals surface area contributed by atoms with Crippen LogP contribution in [0.2, 0.25) is 0 Å². The minimum absolute atomic E-state index is 0.0784. The molecular weight excluding hydrogens is 306 g/mol. The second-order valence-electron chi connectivity index (χ2n) is 6.96. The first-order chi connectivity index (χ1) is 11.2. The maximum Gasteiger partial charge on any atom is 0.225 e. The van der Waals surface area contributed by atoms with E-state index in [1.165, 1.54) is 51.5 Å². The lowest BCUT2D eigenvalue weighted by Crippen LogP contribution is -2.36. The lowest BCUT2D eigenvalue weighted by molar-refractivity contribution is -0.116. The summed E-state index contributed by atoms with van der Waals surface area (Å²) in [5.41, 5.74) is 1.13. The van der Waals surface area contributed by atoms with Gasteiger partial charge >= 0.3 is 0 Å². The van der Waals surface area contributed by atoms with E-state index in [4.69, 9.17) is 4.98 Å².